The van der Waals surface area contributed by atoms with E-state index in [4.69, 9.17) is 13.9 Å². The van der Waals surface area contributed by atoms with Crippen molar-refractivity contribution in [1.29, 1.82) is 0 Å². The van der Waals surface area contributed by atoms with Gasteiger partial charge >= 0.3 is 0 Å². The molecule has 1 fully saturated rings. The highest BCUT2D eigenvalue weighted by Gasteiger charge is 2.30. The van der Waals surface area contributed by atoms with Crippen LogP contribution in [0.5, 0.6) is 11.5 Å². The zero-order valence-corrected chi connectivity index (χ0v) is 20.0. The zero-order chi connectivity index (χ0) is 23.8. The Balaban J connectivity index is 1.45. The van der Waals surface area contributed by atoms with Crippen molar-refractivity contribution in [2.45, 2.75) is 25.8 Å². The lowest BCUT2D eigenvalue weighted by atomic mass is 10.1. The molecule has 0 unspecified atom stereocenters. The summed E-state index contributed by atoms with van der Waals surface area (Å²) in [5.74, 6) is 1.54. The Labute approximate surface area is 200 Å². The van der Waals surface area contributed by atoms with Gasteiger partial charge in [-0.25, -0.2) is 0 Å². The number of hydrogen-bond acceptors (Lipinski definition) is 7. The molecular weight excluding hydrogens is 454 g/mol. The topological polar surface area (TPSA) is 93.9 Å². The molecule has 4 aromatic rings. The van der Waals surface area contributed by atoms with Crippen molar-refractivity contribution in [1.82, 2.24) is 15.2 Å². The summed E-state index contributed by atoms with van der Waals surface area (Å²) in [6.45, 7) is 3.04. The lowest BCUT2D eigenvalue weighted by molar-refractivity contribution is 0.0635. The van der Waals surface area contributed by atoms with Crippen LogP contribution in [-0.2, 0) is 4.74 Å². The fraction of sp³-hybridized carbons (Fsp3) is 0.320. The van der Waals surface area contributed by atoms with Crippen LogP contribution in [0.1, 0.15) is 38.6 Å². The smallest absolute Gasteiger partial charge is 0.264 e. The highest BCUT2D eigenvalue weighted by Crippen LogP contribution is 2.37. The number of hydrogen-bond donors (Lipinski definition) is 1. The highest BCUT2D eigenvalue weighted by molar-refractivity contribution is 7.21. The van der Waals surface area contributed by atoms with E-state index in [0.717, 1.165) is 29.5 Å². The molecule has 1 aromatic carbocycles. The van der Waals surface area contributed by atoms with Crippen LogP contribution in [0.3, 0.4) is 0 Å². The number of ether oxygens (including phenoxy) is 2. The number of fused-ring (bicyclic) bond motifs is 2. The standard InChI is InChI=1S/C25H25N3O5S/c1-14-22(24(29)26-2)17-7-6-16(11-20(17)32-14)33-19-8-9-27-18-12-21(34-23(18)19)25(30)28-10-4-5-15(28)13-31-3/h6-9,11-12,15H,4-5,10,13H2,1-3H3,(H,26,29)/t15-/m0/s1. The number of benzene rings is 1. The average molecular weight is 480 g/mol. The van der Waals surface area contributed by atoms with E-state index < -0.39 is 0 Å². The van der Waals surface area contributed by atoms with Crippen molar-refractivity contribution in [2.24, 2.45) is 0 Å². The third kappa shape index (κ3) is 3.91. The molecule has 0 radical (unpaired) electrons. The first-order valence-corrected chi connectivity index (χ1v) is 11.9. The largest absolute Gasteiger partial charge is 0.460 e. The minimum atomic E-state index is -0.192. The van der Waals surface area contributed by atoms with Crippen LogP contribution >= 0.6 is 11.3 Å². The average Bonchev–Trinajstić information content (AvgIpc) is 3.55. The van der Waals surface area contributed by atoms with E-state index in [9.17, 15) is 9.59 Å². The fourth-order valence-electron chi connectivity index (χ4n) is 4.51. The van der Waals surface area contributed by atoms with Crippen LogP contribution in [0.25, 0.3) is 21.2 Å². The van der Waals surface area contributed by atoms with Crippen molar-refractivity contribution >= 4 is 44.3 Å². The third-order valence-corrected chi connectivity index (χ3v) is 7.23. The molecule has 0 saturated carbocycles. The molecule has 0 aliphatic carbocycles. The van der Waals surface area contributed by atoms with Gasteiger partial charge in [0.25, 0.3) is 11.8 Å². The molecule has 0 bridgehead atoms. The molecule has 0 spiro atoms. The normalized spacial score (nSPS) is 15.9. The predicted molar refractivity (Wildman–Crippen MR) is 130 cm³/mol. The summed E-state index contributed by atoms with van der Waals surface area (Å²) in [5.41, 5.74) is 1.80. The number of amides is 2. The van der Waals surface area contributed by atoms with E-state index in [-0.39, 0.29) is 17.9 Å². The van der Waals surface area contributed by atoms with Gasteiger partial charge < -0.3 is 24.1 Å². The van der Waals surface area contributed by atoms with E-state index in [1.165, 1.54) is 11.3 Å². The number of pyridine rings is 1. The molecule has 34 heavy (non-hydrogen) atoms. The fourth-order valence-corrected chi connectivity index (χ4v) is 5.53. The van der Waals surface area contributed by atoms with Gasteiger partial charge in [0.05, 0.1) is 33.3 Å². The Morgan fingerprint density at radius 3 is 2.94 bits per heavy atom. The zero-order valence-electron chi connectivity index (χ0n) is 19.2. The molecule has 176 valence electrons. The summed E-state index contributed by atoms with van der Waals surface area (Å²) < 4.78 is 18.1. The van der Waals surface area contributed by atoms with Crippen molar-refractivity contribution in [3.8, 4) is 11.5 Å². The second kappa shape index (κ2) is 9.08. The predicted octanol–water partition coefficient (Wildman–Crippen LogP) is 4.75. The maximum absolute atomic E-state index is 13.2. The molecule has 3 aromatic heterocycles. The third-order valence-electron chi connectivity index (χ3n) is 6.10. The van der Waals surface area contributed by atoms with Crippen LogP contribution < -0.4 is 10.1 Å². The van der Waals surface area contributed by atoms with Gasteiger partial charge in [0.1, 0.15) is 22.8 Å². The summed E-state index contributed by atoms with van der Waals surface area (Å²) in [4.78, 5) is 32.4. The molecule has 1 atom stereocenters. The summed E-state index contributed by atoms with van der Waals surface area (Å²) in [6.07, 6.45) is 3.60. The van der Waals surface area contributed by atoms with Gasteiger partial charge in [-0.2, -0.15) is 0 Å². The van der Waals surface area contributed by atoms with Crippen LogP contribution in [0.15, 0.2) is 40.9 Å². The molecule has 1 aliphatic rings. The molecule has 1 N–H and O–H groups in total. The first kappa shape index (κ1) is 22.4. The van der Waals surface area contributed by atoms with Gasteiger partial charge in [0, 0.05) is 44.4 Å². The number of nitrogens with zero attached hydrogens (tertiary/aromatic N) is 2. The maximum Gasteiger partial charge on any atom is 0.264 e. The highest BCUT2D eigenvalue weighted by atomic mass is 32.1. The van der Waals surface area contributed by atoms with Crippen molar-refractivity contribution in [3.05, 3.63) is 52.7 Å². The van der Waals surface area contributed by atoms with Crippen LogP contribution in [-0.4, -0.2) is 55.0 Å². The summed E-state index contributed by atoms with van der Waals surface area (Å²) in [5, 5.41) is 3.37. The second-order valence-electron chi connectivity index (χ2n) is 8.26. The monoisotopic (exact) mass is 479 g/mol. The lowest BCUT2D eigenvalue weighted by Crippen LogP contribution is -2.37. The quantitative estimate of drug-likeness (QED) is 0.429. The number of aromatic nitrogens is 1. The molecule has 9 heteroatoms. The SMILES string of the molecule is CNC(=O)c1c(C)oc2cc(Oc3ccnc4cc(C(=O)N5CCC[C@H]5COC)sc34)ccc12. The number of furan rings is 1. The number of thiophene rings is 1. The van der Waals surface area contributed by atoms with E-state index in [1.807, 2.05) is 17.0 Å². The van der Waals surface area contributed by atoms with Gasteiger partial charge in [0.2, 0.25) is 0 Å². The minimum absolute atomic E-state index is 0.00251. The Morgan fingerprint density at radius 2 is 2.15 bits per heavy atom. The number of nitrogens with one attached hydrogen (secondary N) is 1. The summed E-state index contributed by atoms with van der Waals surface area (Å²) in [7, 11) is 3.25. The van der Waals surface area contributed by atoms with Gasteiger partial charge in [-0.15, -0.1) is 11.3 Å². The van der Waals surface area contributed by atoms with Crippen molar-refractivity contribution < 1.29 is 23.5 Å². The van der Waals surface area contributed by atoms with Gasteiger partial charge in [0.15, 0.2) is 0 Å². The van der Waals surface area contributed by atoms with Crippen molar-refractivity contribution in [3.63, 3.8) is 0 Å². The number of methoxy groups -OCH3 is 1. The Bertz CT molecular complexity index is 1390. The first-order chi connectivity index (χ1) is 16.5. The van der Waals surface area contributed by atoms with Gasteiger partial charge in [-0.1, -0.05) is 0 Å². The Morgan fingerprint density at radius 1 is 1.29 bits per heavy atom. The molecule has 5 rings (SSSR count). The van der Waals surface area contributed by atoms with E-state index in [0.29, 0.717) is 45.4 Å². The minimum Gasteiger partial charge on any atom is -0.460 e. The molecule has 8 nitrogen and oxygen atoms in total. The Hall–Kier alpha value is -3.43. The number of likely N-dealkylation sites (tertiary alicyclic amines) is 1. The lowest BCUT2D eigenvalue weighted by Gasteiger charge is -2.23. The molecular formula is C25H25N3O5S. The van der Waals surface area contributed by atoms with Crippen LogP contribution in [0.4, 0.5) is 0 Å². The molecule has 1 aliphatic heterocycles. The van der Waals surface area contributed by atoms with E-state index >= 15 is 0 Å². The molecule has 2 amide bonds. The van der Waals surface area contributed by atoms with Crippen LogP contribution in [0, 0.1) is 6.92 Å². The maximum atomic E-state index is 13.2. The summed E-state index contributed by atoms with van der Waals surface area (Å²) >= 11 is 1.38. The van der Waals surface area contributed by atoms with Crippen LogP contribution in [0.2, 0.25) is 0 Å². The second-order valence-corrected chi connectivity index (χ2v) is 9.31. The number of carbonyl (C=O) groups excluding carboxylic acids is 2. The first-order valence-electron chi connectivity index (χ1n) is 11.1. The van der Waals surface area contributed by atoms with E-state index in [2.05, 4.69) is 10.3 Å². The van der Waals surface area contributed by atoms with E-state index in [1.54, 1.807) is 45.5 Å². The van der Waals surface area contributed by atoms with Gasteiger partial charge in [-0.05, 0) is 38.0 Å². The van der Waals surface area contributed by atoms with Gasteiger partial charge in [-0.3, -0.25) is 14.6 Å². The number of carbonyl (C=O) groups is 2. The Kier molecular flexibility index (Phi) is 5.97. The molecule has 1 saturated heterocycles. The molecule has 4 heterocycles. The number of rotatable bonds is 6. The summed E-state index contributed by atoms with van der Waals surface area (Å²) in [6, 6.07) is 9.09. The number of aryl methyl sites for hydroxylation is 1. The van der Waals surface area contributed by atoms with Crippen molar-refractivity contribution in [2.75, 3.05) is 27.3 Å².